The summed E-state index contributed by atoms with van der Waals surface area (Å²) in [5.74, 6) is 0.0403. The minimum absolute atomic E-state index is 0.0640. The van der Waals surface area contributed by atoms with E-state index in [2.05, 4.69) is 5.32 Å². The molecule has 106 valence electrons. The van der Waals surface area contributed by atoms with Crippen LogP contribution >= 0.6 is 0 Å². The molecule has 0 radical (unpaired) electrons. The summed E-state index contributed by atoms with van der Waals surface area (Å²) in [6.45, 7) is 4.02. The van der Waals surface area contributed by atoms with Gasteiger partial charge in [-0.2, -0.15) is 0 Å². The Morgan fingerprint density at radius 1 is 1.42 bits per heavy atom. The van der Waals surface area contributed by atoms with E-state index in [1.807, 2.05) is 13.8 Å². The summed E-state index contributed by atoms with van der Waals surface area (Å²) in [7, 11) is 3.42. The van der Waals surface area contributed by atoms with Gasteiger partial charge in [-0.3, -0.25) is 4.79 Å². The Morgan fingerprint density at radius 3 is 2.58 bits per heavy atom. The Labute approximate surface area is 114 Å². The van der Waals surface area contributed by atoms with Crippen LogP contribution in [0.15, 0.2) is 18.2 Å². The van der Waals surface area contributed by atoms with Gasteiger partial charge in [-0.1, -0.05) is 6.92 Å². The molecule has 1 rings (SSSR count). The van der Waals surface area contributed by atoms with Gasteiger partial charge in [-0.25, -0.2) is 0 Å². The van der Waals surface area contributed by atoms with Gasteiger partial charge in [-0.15, -0.1) is 0 Å². The summed E-state index contributed by atoms with van der Waals surface area (Å²) >= 11 is 0. The lowest BCUT2D eigenvalue weighted by atomic mass is 10.0. The van der Waals surface area contributed by atoms with E-state index < -0.39 is 0 Å². The molecule has 2 atom stereocenters. The number of aliphatic hydroxyl groups is 1. The molecule has 1 aromatic carbocycles. The Morgan fingerprint density at radius 2 is 2.05 bits per heavy atom. The number of amides is 1. The van der Waals surface area contributed by atoms with Gasteiger partial charge < -0.3 is 21.1 Å². The highest BCUT2D eigenvalue weighted by atomic mass is 16.3. The summed E-state index contributed by atoms with van der Waals surface area (Å²) in [5, 5.41) is 12.4. The third-order valence-electron chi connectivity index (χ3n) is 3.23. The topological polar surface area (TPSA) is 78.6 Å². The van der Waals surface area contributed by atoms with E-state index in [0.717, 1.165) is 5.69 Å². The van der Waals surface area contributed by atoms with Crippen molar-refractivity contribution < 1.29 is 9.90 Å². The number of rotatable bonds is 5. The zero-order valence-electron chi connectivity index (χ0n) is 12.0. The lowest BCUT2D eigenvalue weighted by Gasteiger charge is -2.22. The smallest absolute Gasteiger partial charge is 0.253 e. The number of aliphatic hydroxyl groups excluding tert-OH is 1. The Bertz CT molecular complexity index is 446. The molecule has 1 amide bonds. The molecule has 0 bridgehead atoms. The van der Waals surface area contributed by atoms with E-state index >= 15 is 0 Å². The molecule has 0 aliphatic rings. The first-order valence-corrected chi connectivity index (χ1v) is 6.35. The van der Waals surface area contributed by atoms with Crippen molar-refractivity contribution >= 4 is 17.3 Å². The van der Waals surface area contributed by atoms with Crippen LogP contribution in [0.5, 0.6) is 0 Å². The third-order valence-corrected chi connectivity index (χ3v) is 3.23. The van der Waals surface area contributed by atoms with Crippen molar-refractivity contribution in [2.24, 2.45) is 5.92 Å². The summed E-state index contributed by atoms with van der Waals surface area (Å²) in [6, 6.07) is 5.24. The molecule has 0 saturated heterocycles. The van der Waals surface area contributed by atoms with Crippen molar-refractivity contribution in [3.05, 3.63) is 23.8 Å². The van der Waals surface area contributed by atoms with Crippen molar-refractivity contribution in [3.8, 4) is 0 Å². The summed E-state index contributed by atoms with van der Waals surface area (Å²) in [6.07, 6.45) is 0. The van der Waals surface area contributed by atoms with Gasteiger partial charge in [0.15, 0.2) is 0 Å². The summed E-state index contributed by atoms with van der Waals surface area (Å²) < 4.78 is 0. The van der Waals surface area contributed by atoms with Crippen LogP contribution in [0.3, 0.4) is 0 Å². The lowest BCUT2D eigenvalue weighted by molar-refractivity contribution is 0.0827. The molecule has 0 saturated carbocycles. The summed E-state index contributed by atoms with van der Waals surface area (Å²) in [5.41, 5.74) is 7.81. The normalized spacial score (nSPS) is 13.7. The van der Waals surface area contributed by atoms with Crippen molar-refractivity contribution in [1.29, 1.82) is 0 Å². The largest absolute Gasteiger partial charge is 0.397 e. The van der Waals surface area contributed by atoms with Crippen LogP contribution in [0, 0.1) is 5.92 Å². The molecule has 5 nitrogen and oxygen atoms in total. The van der Waals surface area contributed by atoms with Gasteiger partial charge in [0.05, 0.1) is 11.4 Å². The first kappa shape index (κ1) is 15.3. The first-order chi connectivity index (χ1) is 8.86. The van der Waals surface area contributed by atoms with Crippen LogP contribution in [0.25, 0.3) is 0 Å². The zero-order valence-corrected chi connectivity index (χ0v) is 12.0. The molecule has 1 aromatic rings. The molecular formula is C14H23N3O2. The monoisotopic (exact) mass is 265 g/mol. The van der Waals surface area contributed by atoms with Gasteiger partial charge in [0.2, 0.25) is 0 Å². The van der Waals surface area contributed by atoms with Gasteiger partial charge in [0.1, 0.15) is 0 Å². The number of nitrogens with zero attached hydrogens (tertiary/aromatic N) is 1. The standard InChI is InChI=1S/C14H23N3O2/c1-9(8-18)10(2)16-13-7-11(5-6-12(13)15)14(19)17(3)4/h5-7,9-10,16,18H,8,15H2,1-4H3. The number of carbonyl (C=O) groups is 1. The van der Waals surface area contributed by atoms with Crippen LogP contribution in [0.4, 0.5) is 11.4 Å². The fourth-order valence-corrected chi connectivity index (χ4v) is 1.62. The first-order valence-electron chi connectivity index (χ1n) is 6.35. The molecule has 4 N–H and O–H groups in total. The molecule has 2 unspecified atom stereocenters. The molecule has 0 spiro atoms. The lowest BCUT2D eigenvalue weighted by Crippen LogP contribution is -2.27. The summed E-state index contributed by atoms with van der Waals surface area (Å²) in [4.78, 5) is 13.4. The van der Waals surface area contributed by atoms with Crippen LogP contribution < -0.4 is 11.1 Å². The second-order valence-corrected chi connectivity index (χ2v) is 5.09. The van der Waals surface area contributed by atoms with Crippen LogP contribution in [0.2, 0.25) is 0 Å². The third kappa shape index (κ3) is 3.86. The minimum Gasteiger partial charge on any atom is -0.397 e. The number of nitrogens with one attached hydrogen (secondary N) is 1. The molecule has 19 heavy (non-hydrogen) atoms. The highest BCUT2D eigenvalue weighted by Crippen LogP contribution is 2.23. The quantitative estimate of drug-likeness (QED) is 0.703. The predicted octanol–water partition coefficient (Wildman–Crippen LogP) is 1.40. The van der Waals surface area contributed by atoms with Gasteiger partial charge >= 0.3 is 0 Å². The van der Waals surface area contributed by atoms with E-state index in [0.29, 0.717) is 11.3 Å². The number of nitrogen functional groups attached to an aromatic ring is 1. The van der Waals surface area contributed by atoms with Crippen LogP contribution in [-0.2, 0) is 0 Å². The van der Waals surface area contributed by atoms with E-state index in [9.17, 15) is 4.79 Å². The maximum absolute atomic E-state index is 11.9. The van der Waals surface area contributed by atoms with E-state index in [4.69, 9.17) is 10.8 Å². The average Bonchev–Trinajstić information content (AvgIpc) is 2.39. The fraction of sp³-hybridized carbons (Fsp3) is 0.500. The molecule has 0 aliphatic heterocycles. The number of benzene rings is 1. The van der Waals surface area contributed by atoms with Crippen molar-refractivity contribution in [3.63, 3.8) is 0 Å². The van der Waals surface area contributed by atoms with Crippen molar-refractivity contribution in [2.45, 2.75) is 19.9 Å². The Hall–Kier alpha value is -1.75. The highest BCUT2D eigenvalue weighted by Gasteiger charge is 2.14. The van der Waals surface area contributed by atoms with E-state index in [1.54, 1.807) is 32.3 Å². The Balaban J connectivity index is 2.95. The second kappa shape index (κ2) is 6.43. The maximum atomic E-state index is 11.9. The van der Waals surface area contributed by atoms with Crippen molar-refractivity contribution in [2.75, 3.05) is 31.8 Å². The number of carbonyl (C=O) groups excluding carboxylic acids is 1. The molecule has 0 fully saturated rings. The molecule has 0 aromatic heterocycles. The maximum Gasteiger partial charge on any atom is 0.253 e. The predicted molar refractivity (Wildman–Crippen MR) is 78.2 cm³/mol. The minimum atomic E-state index is -0.0640. The van der Waals surface area contributed by atoms with E-state index in [-0.39, 0.29) is 24.5 Å². The molecule has 0 aliphatic carbocycles. The number of nitrogens with two attached hydrogens (primary N) is 1. The second-order valence-electron chi connectivity index (χ2n) is 5.09. The molecule has 5 heteroatoms. The van der Waals surface area contributed by atoms with Gasteiger partial charge in [-0.05, 0) is 31.0 Å². The number of anilines is 2. The average molecular weight is 265 g/mol. The van der Waals surface area contributed by atoms with Gasteiger partial charge in [0.25, 0.3) is 5.91 Å². The number of hydrogen-bond donors (Lipinski definition) is 3. The number of hydrogen-bond acceptors (Lipinski definition) is 4. The highest BCUT2D eigenvalue weighted by molar-refractivity contribution is 5.95. The van der Waals surface area contributed by atoms with Crippen LogP contribution in [-0.4, -0.2) is 42.7 Å². The zero-order chi connectivity index (χ0) is 14.6. The van der Waals surface area contributed by atoms with Crippen molar-refractivity contribution in [1.82, 2.24) is 4.90 Å². The fourth-order valence-electron chi connectivity index (χ4n) is 1.62. The van der Waals surface area contributed by atoms with E-state index in [1.165, 1.54) is 4.90 Å². The Kier molecular flexibility index (Phi) is 5.18. The SMILES string of the molecule is CC(CO)C(C)Nc1cc(C(=O)N(C)C)ccc1N. The van der Waals surface area contributed by atoms with Crippen LogP contribution in [0.1, 0.15) is 24.2 Å². The molecular weight excluding hydrogens is 242 g/mol. The van der Waals surface area contributed by atoms with Gasteiger partial charge in [0, 0.05) is 32.3 Å². The molecule has 0 heterocycles.